The predicted octanol–water partition coefficient (Wildman–Crippen LogP) is 2.96. The molecule has 1 aromatic rings. The minimum atomic E-state index is -0.541. The minimum absolute atomic E-state index is 0.200. The highest BCUT2D eigenvalue weighted by molar-refractivity contribution is 7.16. The quantitative estimate of drug-likeness (QED) is 0.881. The molecule has 0 aromatic carbocycles. The summed E-state index contributed by atoms with van der Waals surface area (Å²) in [5.41, 5.74) is 0. The van der Waals surface area contributed by atoms with Gasteiger partial charge in [-0.3, -0.25) is 4.79 Å². The summed E-state index contributed by atoms with van der Waals surface area (Å²) < 4.78 is 0.703. The lowest BCUT2D eigenvalue weighted by Gasteiger charge is -2.07. The lowest BCUT2D eigenvalue weighted by atomic mass is 10.1. The van der Waals surface area contributed by atoms with E-state index in [1.54, 1.807) is 6.07 Å². The number of hydrogen-bond acceptors (Lipinski definition) is 3. The Morgan fingerprint density at radius 1 is 1.69 bits per heavy atom. The van der Waals surface area contributed by atoms with Crippen LogP contribution in [0, 0.1) is 17.2 Å². The fraction of sp³-hybridized carbons (Fsp3) is 0.455. The van der Waals surface area contributed by atoms with E-state index in [1.807, 2.05) is 19.1 Å². The molecule has 0 fully saturated rings. The van der Waals surface area contributed by atoms with Crippen LogP contribution >= 0.6 is 22.9 Å². The van der Waals surface area contributed by atoms with E-state index in [0.717, 1.165) is 11.3 Å². The van der Waals surface area contributed by atoms with Gasteiger partial charge in [0.15, 0.2) is 0 Å². The number of nitrogens with one attached hydrogen (secondary N) is 1. The van der Waals surface area contributed by atoms with E-state index in [-0.39, 0.29) is 5.91 Å². The molecule has 0 saturated carbocycles. The number of amides is 1. The lowest BCUT2D eigenvalue weighted by Crippen LogP contribution is -2.29. The van der Waals surface area contributed by atoms with Crippen LogP contribution in [0.5, 0.6) is 0 Å². The largest absolute Gasteiger partial charge is 0.350 e. The van der Waals surface area contributed by atoms with Crippen molar-refractivity contribution in [1.82, 2.24) is 5.32 Å². The topological polar surface area (TPSA) is 52.9 Å². The highest BCUT2D eigenvalue weighted by Gasteiger charge is 2.16. The first kappa shape index (κ1) is 13.0. The van der Waals surface area contributed by atoms with Crippen LogP contribution in [0.3, 0.4) is 0 Å². The normalized spacial score (nSPS) is 11.8. The van der Waals surface area contributed by atoms with Crippen molar-refractivity contribution in [2.75, 3.05) is 0 Å². The van der Waals surface area contributed by atoms with Gasteiger partial charge in [0.1, 0.15) is 5.92 Å². The molecule has 0 bridgehead atoms. The van der Waals surface area contributed by atoms with Crippen LogP contribution in [-0.2, 0) is 11.3 Å². The molecule has 0 aliphatic carbocycles. The van der Waals surface area contributed by atoms with E-state index >= 15 is 0 Å². The summed E-state index contributed by atoms with van der Waals surface area (Å²) in [6.45, 7) is 2.40. The Labute approximate surface area is 104 Å². The number of rotatable bonds is 5. The van der Waals surface area contributed by atoms with Gasteiger partial charge >= 0.3 is 0 Å². The van der Waals surface area contributed by atoms with Gasteiger partial charge in [0.25, 0.3) is 0 Å². The monoisotopic (exact) mass is 256 g/mol. The van der Waals surface area contributed by atoms with Gasteiger partial charge in [0, 0.05) is 4.88 Å². The Morgan fingerprint density at radius 3 is 2.94 bits per heavy atom. The Bertz CT molecular complexity index is 397. The molecule has 0 aliphatic heterocycles. The van der Waals surface area contributed by atoms with E-state index < -0.39 is 5.92 Å². The second-order valence-electron chi connectivity index (χ2n) is 3.39. The lowest BCUT2D eigenvalue weighted by molar-refractivity contribution is -0.123. The molecule has 1 amide bonds. The second kappa shape index (κ2) is 6.51. The molecule has 3 nitrogen and oxygen atoms in total. The van der Waals surface area contributed by atoms with Crippen molar-refractivity contribution in [1.29, 1.82) is 5.26 Å². The first-order valence-electron chi connectivity index (χ1n) is 5.09. The highest BCUT2D eigenvalue weighted by atomic mass is 35.5. The predicted molar refractivity (Wildman–Crippen MR) is 65.2 cm³/mol. The van der Waals surface area contributed by atoms with Crippen molar-refractivity contribution >= 4 is 28.8 Å². The van der Waals surface area contributed by atoms with E-state index in [4.69, 9.17) is 16.9 Å². The third-order valence-corrected chi connectivity index (χ3v) is 3.35. The highest BCUT2D eigenvalue weighted by Crippen LogP contribution is 2.21. The molecule has 0 radical (unpaired) electrons. The van der Waals surface area contributed by atoms with Gasteiger partial charge in [0.2, 0.25) is 5.91 Å². The van der Waals surface area contributed by atoms with Gasteiger partial charge in [-0.15, -0.1) is 11.3 Å². The molecule has 16 heavy (non-hydrogen) atoms. The molecule has 1 rings (SSSR count). The standard InChI is InChI=1S/C11H13ClN2OS/c1-2-3-8(6-13)11(15)14-7-9-4-5-10(12)16-9/h4-5,8H,2-3,7H2,1H3,(H,14,15). The van der Waals surface area contributed by atoms with Crippen molar-refractivity contribution < 1.29 is 4.79 Å². The summed E-state index contributed by atoms with van der Waals surface area (Å²) in [5, 5.41) is 11.5. The number of carbonyl (C=O) groups excluding carboxylic acids is 1. The maximum absolute atomic E-state index is 11.6. The summed E-state index contributed by atoms with van der Waals surface area (Å²) in [5.74, 6) is -0.741. The van der Waals surface area contributed by atoms with Gasteiger partial charge in [0.05, 0.1) is 17.0 Å². The molecule has 1 N–H and O–H groups in total. The van der Waals surface area contributed by atoms with Crippen molar-refractivity contribution in [3.05, 3.63) is 21.3 Å². The number of nitrogens with zero attached hydrogens (tertiary/aromatic N) is 1. The fourth-order valence-corrected chi connectivity index (χ4v) is 2.31. The Hall–Kier alpha value is -1.05. The molecule has 1 aromatic heterocycles. The average molecular weight is 257 g/mol. The molecule has 0 aliphatic rings. The molecule has 1 atom stereocenters. The summed E-state index contributed by atoms with van der Waals surface area (Å²) in [7, 11) is 0. The summed E-state index contributed by atoms with van der Waals surface area (Å²) in [4.78, 5) is 12.6. The summed E-state index contributed by atoms with van der Waals surface area (Å²) in [6.07, 6.45) is 1.43. The zero-order valence-corrected chi connectivity index (χ0v) is 10.6. The van der Waals surface area contributed by atoms with Crippen LogP contribution in [0.2, 0.25) is 4.34 Å². The molecule has 0 saturated heterocycles. The number of hydrogen-bond donors (Lipinski definition) is 1. The zero-order valence-electron chi connectivity index (χ0n) is 9.00. The van der Waals surface area contributed by atoms with Crippen LogP contribution in [0.4, 0.5) is 0 Å². The minimum Gasteiger partial charge on any atom is -0.350 e. The Kier molecular flexibility index (Phi) is 5.30. The third-order valence-electron chi connectivity index (χ3n) is 2.12. The van der Waals surface area contributed by atoms with Crippen LogP contribution in [0.15, 0.2) is 12.1 Å². The van der Waals surface area contributed by atoms with E-state index in [1.165, 1.54) is 11.3 Å². The molecule has 1 unspecified atom stereocenters. The molecular weight excluding hydrogens is 244 g/mol. The maximum Gasteiger partial charge on any atom is 0.237 e. The van der Waals surface area contributed by atoms with Crippen LogP contribution in [-0.4, -0.2) is 5.91 Å². The summed E-state index contributed by atoms with van der Waals surface area (Å²) in [6, 6.07) is 5.67. The third kappa shape index (κ3) is 3.84. The van der Waals surface area contributed by atoms with E-state index in [9.17, 15) is 4.79 Å². The molecule has 5 heteroatoms. The number of thiophene rings is 1. The van der Waals surface area contributed by atoms with Crippen molar-refractivity contribution in [2.24, 2.45) is 5.92 Å². The zero-order chi connectivity index (χ0) is 12.0. The molecule has 1 heterocycles. The van der Waals surface area contributed by atoms with E-state index in [0.29, 0.717) is 17.3 Å². The number of nitriles is 1. The second-order valence-corrected chi connectivity index (χ2v) is 5.19. The fourth-order valence-electron chi connectivity index (χ4n) is 1.29. The molecular formula is C11H13ClN2OS. The maximum atomic E-state index is 11.6. The van der Waals surface area contributed by atoms with Gasteiger partial charge in [-0.25, -0.2) is 0 Å². The van der Waals surface area contributed by atoms with E-state index in [2.05, 4.69) is 5.32 Å². The molecule has 86 valence electrons. The van der Waals surface area contributed by atoms with Gasteiger partial charge in [-0.1, -0.05) is 24.9 Å². The summed E-state index contributed by atoms with van der Waals surface area (Å²) >= 11 is 7.20. The van der Waals surface area contributed by atoms with Crippen molar-refractivity contribution in [3.63, 3.8) is 0 Å². The average Bonchev–Trinajstić information content (AvgIpc) is 2.68. The smallest absolute Gasteiger partial charge is 0.237 e. The SMILES string of the molecule is CCCC(C#N)C(=O)NCc1ccc(Cl)s1. The number of halogens is 1. The first-order chi connectivity index (χ1) is 7.67. The van der Waals surface area contributed by atoms with Crippen LogP contribution in [0.1, 0.15) is 24.6 Å². The van der Waals surface area contributed by atoms with Crippen LogP contribution in [0.25, 0.3) is 0 Å². The number of carbonyl (C=O) groups is 1. The first-order valence-corrected chi connectivity index (χ1v) is 6.28. The Morgan fingerprint density at radius 2 is 2.44 bits per heavy atom. The van der Waals surface area contributed by atoms with Gasteiger partial charge < -0.3 is 5.32 Å². The Balaban J connectivity index is 2.43. The molecule has 0 spiro atoms. The van der Waals surface area contributed by atoms with Gasteiger partial charge in [-0.2, -0.15) is 5.26 Å². The van der Waals surface area contributed by atoms with Crippen LogP contribution < -0.4 is 5.32 Å². The van der Waals surface area contributed by atoms with Crippen molar-refractivity contribution in [2.45, 2.75) is 26.3 Å². The van der Waals surface area contributed by atoms with Crippen molar-refractivity contribution in [3.8, 4) is 6.07 Å². The van der Waals surface area contributed by atoms with Gasteiger partial charge in [-0.05, 0) is 18.6 Å².